The second-order valence-corrected chi connectivity index (χ2v) is 11.5. The van der Waals surface area contributed by atoms with Gasteiger partial charge in [-0.05, 0) is 47.0 Å². The molecule has 4 rings (SSSR count). The van der Waals surface area contributed by atoms with Crippen molar-refractivity contribution in [3.8, 4) is 22.6 Å². The number of aliphatic carboxylic acids is 1. The van der Waals surface area contributed by atoms with Gasteiger partial charge in [0.2, 0.25) is 0 Å². The molecule has 0 aliphatic rings. The van der Waals surface area contributed by atoms with Crippen LogP contribution in [0.5, 0.6) is 11.5 Å². The van der Waals surface area contributed by atoms with Crippen LogP contribution in [0.15, 0.2) is 100 Å². The van der Waals surface area contributed by atoms with Crippen molar-refractivity contribution < 1.29 is 32.6 Å². The van der Waals surface area contributed by atoms with E-state index in [1.807, 2.05) is 54.6 Å². The van der Waals surface area contributed by atoms with Gasteiger partial charge in [0.25, 0.3) is 15.9 Å². The summed E-state index contributed by atoms with van der Waals surface area (Å²) in [4.78, 5) is 25.3. The minimum absolute atomic E-state index is 0.0247. The van der Waals surface area contributed by atoms with Crippen molar-refractivity contribution >= 4 is 43.5 Å². The summed E-state index contributed by atoms with van der Waals surface area (Å²) in [5.74, 6) is -1.42. The van der Waals surface area contributed by atoms with Gasteiger partial charge in [0.15, 0.2) is 11.5 Å². The highest BCUT2D eigenvalue weighted by Gasteiger charge is 2.25. The molecule has 0 saturated heterocycles. The molecule has 4 aromatic carbocycles. The molecule has 0 fully saturated rings. The second kappa shape index (κ2) is 12.9. The number of methoxy groups -OCH3 is 2. The third-order valence-corrected chi connectivity index (χ3v) is 8.10. The number of carboxylic acid groups (broad SMARTS) is 1. The number of halogens is 1. The van der Waals surface area contributed by atoms with E-state index in [0.717, 1.165) is 11.1 Å². The van der Waals surface area contributed by atoms with Gasteiger partial charge >= 0.3 is 5.97 Å². The predicted octanol–water partition coefficient (Wildman–Crippen LogP) is 5.36. The molecule has 1 unspecified atom stereocenters. The highest BCUT2D eigenvalue weighted by molar-refractivity contribution is 9.10. The van der Waals surface area contributed by atoms with Gasteiger partial charge in [-0.2, -0.15) is 0 Å². The van der Waals surface area contributed by atoms with Gasteiger partial charge in [0.05, 0.1) is 30.4 Å². The lowest BCUT2D eigenvalue weighted by Gasteiger charge is -2.18. The quantitative estimate of drug-likeness (QED) is 0.202. The van der Waals surface area contributed by atoms with Gasteiger partial charge in [-0.1, -0.05) is 70.5 Å². The fourth-order valence-electron chi connectivity index (χ4n) is 4.12. The summed E-state index contributed by atoms with van der Waals surface area (Å²) in [5, 5.41) is 12.4. The number of ether oxygens (including phenoxy) is 2. The summed E-state index contributed by atoms with van der Waals surface area (Å²) < 4.78 is 39.7. The minimum atomic E-state index is -4.16. The molecule has 0 aliphatic carbocycles. The van der Waals surface area contributed by atoms with E-state index >= 15 is 0 Å². The first-order valence-corrected chi connectivity index (χ1v) is 14.6. The van der Waals surface area contributed by atoms with Crippen LogP contribution in [0.1, 0.15) is 15.9 Å². The van der Waals surface area contributed by atoms with Gasteiger partial charge in [0.1, 0.15) is 6.04 Å². The number of hydrogen-bond acceptors (Lipinski definition) is 6. The molecule has 9 nitrogen and oxygen atoms in total. The van der Waals surface area contributed by atoms with Crippen LogP contribution in [-0.2, 0) is 21.2 Å². The number of anilines is 1. The molecule has 0 heterocycles. The Morgan fingerprint density at radius 1 is 0.854 bits per heavy atom. The average molecular weight is 640 g/mol. The Labute approximate surface area is 246 Å². The van der Waals surface area contributed by atoms with Crippen LogP contribution in [0.4, 0.5) is 5.69 Å². The summed E-state index contributed by atoms with van der Waals surface area (Å²) in [6, 6.07) is 24.4. The van der Waals surface area contributed by atoms with E-state index in [9.17, 15) is 23.1 Å². The molecule has 212 valence electrons. The molecular weight excluding hydrogens is 612 g/mol. The summed E-state index contributed by atoms with van der Waals surface area (Å²) in [5.41, 5.74) is 2.62. The van der Waals surface area contributed by atoms with Gasteiger partial charge in [-0.3, -0.25) is 9.52 Å². The van der Waals surface area contributed by atoms with E-state index in [0.29, 0.717) is 15.8 Å². The van der Waals surface area contributed by atoms with Crippen LogP contribution in [0.2, 0.25) is 0 Å². The maximum absolute atomic E-state index is 13.3. The third-order valence-electron chi connectivity index (χ3n) is 6.24. The topological polar surface area (TPSA) is 131 Å². The Morgan fingerprint density at radius 3 is 2.15 bits per heavy atom. The first kappa shape index (κ1) is 29.6. The van der Waals surface area contributed by atoms with E-state index in [4.69, 9.17) is 9.47 Å². The molecule has 0 spiro atoms. The summed E-state index contributed by atoms with van der Waals surface area (Å²) in [6.45, 7) is 0. The van der Waals surface area contributed by atoms with E-state index < -0.39 is 27.9 Å². The lowest BCUT2D eigenvalue weighted by Crippen LogP contribution is -2.42. The third kappa shape index (κ3) is 7.24. The molecule has 11 heteroatoms. The Balaban J connectivity index is 1.55. The van der Waals surface area contributed by atoms with Crippen LogP contribution in [0.3, 0.4) is 0 Å². The molecule has 0 aromatic heterocycles. The number of benzene rings is 4. The van der Waals surface area contributed by atoms with Crippen molar-refractivity contribution in [2.75, 3.05) is 18.9 Å². The zero-order valence-electron chi connectivity index (χ0n) is 22.1. The molecule has 4 aromatic rings. The fraction of sp³-hybridized carbons (Fsp3) is 0.133. The predicted molar refractivity (Wildman–Crippen MR) is 159 cm³/mol. The lowest BCUT2D eigenvalue weighted by molar-refractivity contribution is -0.139. The molecule has 3 N–H and O–H groups in total. The molecule has 0 aliphatic heterocycles. The first-order chi connectivity index (χ1) is 19.6. The second-order valence-electron chi connectivity index (χ2n) is 8.94. The van der Waals surface area contributed by atoms with E-state index in [2.05, 4.69) is 26.0 Å². The zero-order valence-corrected chi connectivity index (χ0v) is 24.5. The Morgan fingerprint density at radius 2 is 1.51 bits per heavy atom. The van der Waals surface area contributed by atoms with Gasteiger partial charge < -0.3 is 19.9 Å². The smallest absolute Gasteiger partial charge is 0.326 e. The zero-order chi connectivity index (χ0) is 29.6. The highest BCUT2D eigenvalue weighted by atomic mass is 79.9. The molecular formula is C30H27BrN2O7S. The average Bonchev–Trinajstić information content (AvgIpc) is 2.97. The molecule has 0 bridgehead atoms. The number of rotatable bonds is 11. The standard InChI is InChI=1S/C30H27BrN2O7S/c1-39-27-15-13-23(18-28(27)40-2)41(37,38)33-25-14-12-22(31)17-24(25)29(34)32-26(30(35)36)16-19-8-10-21(11-9-19)20-6-4-3-5-7-20/h3-15,17-18,26,33H,16H2,1-2H3,(H,32,34)(H,35,36). The van der Waals surface area contributed by atoms with Crippen molar-refractivity contribution in [1.82, 2.24) is 5.32 Å². The number of amides is 1. The number of carboxylic acids is 1. The number of hydrogen-bond donors (Lipinski definition) is 3. The Kier molecular flexibility index (Phi) is 9.31. The SMILES string of the molecule is COc1ccc(S(=O)(=O)Nc2ccc(Br)cc2C(=O)NC(Cc2ccc(-c3ccccc3)cc2)C(=O)O)cc1OC. The lowest BCUT2D eigenvalue weighted by atomic mass is 10.0. The van der Waals surface area contributed by atoms with Crippen molar-refractivity contribution in [3.63, 3.8) is 0 Å². The monoisotopic (exact) mass is 638 g/mol. The van der Waals surface area contributed by atoms with Crippen molar-refractivity contribution in [2.24, 2.45) is 0 Å². The number of nitrogens with one attached hydrogen (secondary N) is 2. The van der Waals surface area contributed by atoms with Gasteiger partial charge in [-0.15, -0.1) is 0 Å². The Bertz CT molecular complexity index is 1660. The van der Waals surface area contributed by atoms with E-state index in [-0.39, 0.29) is 28.3 Å². The van der Waals surface area contributed by atoms with Crippen molar-refractivity contribution in [1.29, 1.82) is 0 Å². The molecule has 1 amide bonds. The van der Waals surface area contributed by atoms with Gasteiger partial charge in [-0.25, -0.2) is 13.2 Å². The van der Waals surface area contributed by atoms with E-state index in [1.165, 1.54) is 44.6 Å². The number of carbonyl (C=O) groups is 2. The molecule has 41 heavy (non-hydrogen) atoms. The summed E-state index contributed by atoms with van der Waals surface area (Å²) >= 11 is 3.29. The summed E-state index contributed by atoms with van der Waals surface area (Å²) in [7, 11) is -1.34. The molecule has 1 atom stereocenters. The van der Waals surface area contributed by atoms with Crippen LogP contribution < -0.4 is 19.5 Å². The molecule has 0 saturated carbocycles. The number of carbonyl (C=O) groups excluding carboxylic acids is 1. The normalized spacial score (nSPS) is 11.8. The maximum atomic E-state index is 13.3. The van der Waals surface area contributed by atoms with Crippen LogP contribution >= 0.6 is 15.9 Å². The van der Waals surface area contributed by atoms with Gasteiger partial charge in [0, 0.05) is 17.0 Å². The first-order valence-electron chi connectivity index (χ1n) is 12.3. The van der Waals surface area contributed by atoms with Crippen LogP contribution in [0, 0.1) is 0 Å². The Hall–Kier alpha value is -4.35. The minimum Gasteiger partial charge on any atom is -0.493 e. The van der Waals surface area contributed by atoms with Crippen molar-refractivity contribution in [3.05, 3.63) is 107 Å². The number of sulfonamides is 1. The maximum Gasteiger partial charge on any atom is 0.326 e. The highest BCUT2D eigenvalue weighted by Crippen LogP contribution is 2.31. The van der Waals surface area contributed by atoms with E-state index in [1.54, 1.807) is 6.07 Å². The van der Waals surface area contributed by atoms with Crippen LogP contribution in [-0.4, -0.2) is 45.7 Å². The van der Waals surface area contributed by atoms with Crippen molar-refractivity contribution in [2.45, 2.75) is 17.4 Å². The van der Waals surface area contributed by atoms with Crippen LogP contribution in [0.25, 0.3) is 11.1 Å². The largest absolute Gasteiger partial charge is 0.493 e. The summed E-state index contributed by atoms with van der Waals surface area (Å²) in [6.07, 6.45) is 0.0247. The molecule has 0 radical (unpaired) electrons. The fourth-order valence-corrected chi connectivity index (χ4v) is 5.57.